The number of hydrogen-bond acceptors (Lipinski definition) is 2. The SMILES string of the molecule is CC(C)N1CCOC(CI)C1. The van der Waals surface area contributed by atoms with Crippen LogP contribution < -0.4 is 0 Å². The van der Waals surface area contributed by atoms with Crippen LogP contribution in [0.1, 0.15) is 13.8 Å². The topological polar surface area (TPSA) is 12.5 Å². The number of hydrogen-bond donors (Lipinski definition) is 0. The van der Waals surface area contributed by atoms with Crippen molar-refractivity contribution >= 4 is 22.6 Å². The summed E-state index contributed by atoms with van der Waals surface area (Å²) in [7, 11) is 0. The minimum Gasteiger partial charge on any atom is -0.375 e. The van der Waals surface area contributed by atoms with Crippen LogP contribution in [-0.4, -0.2) is 41.2 Å². The summed E-state index contributed by atoms with van der Waals surface area (Å²) in [6.07, 6.45) is 0.465. The number of rotatable bonds is 2. The van der Waals surface area contributed by atoms with Crippen molar-refractivity contribution in [3.63, 3.8) is 0 Å². The van der Waals surface area contributed by atoms with Gasteiger partial charge in [-0.1, -0.05) is 22.6 Å². The molecule has 2 nitrogen and oxygen atoms in total. The maximum absolute atomic E-state index is 5.56. The summed E-state index contributed by atoms with van der Waals surface area (Å²) in [6, 6.07) is 0.671. The lowest BCUT2D eigenvalue weighted by Crippen LogP contribution is -2.46. The van der Waals surface area contributed by atoms with Gasteiger partial charge in [0.25, 0.3) is 0 Å². The van der Waals surface area contributed by atoms with Gasteiger partial charge in [-0.3, -0.25) is 4.90 Å². The van der Waals surface area contributed by atoms with E-state index in [1.54, 1.807) is 0 Å². The molecule has 1 aliphatic rings. The molecule has 0 radical (unpaired) electrons. The van der Waals surface area contributed by atoms with Crippen LogP contribution in [0, 0.1) is 0 Å². The maximum Gasteiger partial charge on any atom is 0.0791 e. The van der Waals surface area contributed by atoms with Gasteiger partial charge < -0.3 is 4.74 Å². The Morgan fingerprint density at radius 3 is 2.91 bits per heavy atom. The molecule has 1 saturated heterocycles. The molecule has 0 aromatic carbocycles. The minimum absolute atomic E-state index is 0.465. The van der Waals surface area contributed by atoms with E-state index >= 15 is 0 Å². The van der Waals surface area contributed by atoms with Crippen LogP contribution in [0.4, 0.5) is 0 Å². The predicted molar refractivity (Wildman–Crippen MR) is 55.3 cm³/mol. The van der Waals surface area contributed by atoms with Crippen LogP contribution in [0.15, 0.2) is 0 Å². The molecule has 0 spiro atoms. The Bertz CT molecular complexity index is 119. The zero-order chi connectivity index (χ0) is 8.27. The van der Waals surface area contributed by atoms with Crippen molar-refractivity contribution < 1.29 is 4.74 Å². The zero-order valence-electron chi connectivity index (χ0n) is 7.22. The molecule has 3 heteroatoms. The van der Waals surface area contributed by atoms with Crippen molar-refractivity contribution in [3.05, 3.63) is 0 Å². The lowest BCUT2D eigenvalue weighted by molar-refractivity contribution is -0.0251. The zero-order valence-corrected chi connectivity index (χ0v) is 9.37. The fourth-order valence-corrected chi connectivity index (χ4v) is 1.84. The van der Waals surface area contributed by atoms with Crippen LogP contribution in [0.3, 0.4) is 0 Å². The van der Waals surface area contributed by atoms with Crippen molar-refractivity contribution in [2.75, 3.05) is 24.1 Å². The summed E-state index contributed by atoms with van der Waals surface area (Å²) in [5.41, 5.74) is 0. The Morgan fingerprint density at radius 1 is 1.64 bits per heavy atom. The summed E-state index contributed by atoms with van der Waals surface area (Å²) in [5, 5.41) is 0. The lowest BCUT2D eigenvalue weighted by Gasteiger charge is -2.34. The molecule has 1 rings (SSSR count). The molecule has 1 heterocycles. The number of alkyl halides is 1. The van der Waals surface area contributed by atoms with E-state index in [0.717, 1.165) is 24.1 Å². The first kappa shape index (κ1) is 9.74. The second-order valence-electron chi connectivity index (χ2n) is 3.24. The first-order chi connectivity index (χ1) is 5.24. The quantitative estimate of drug-likeness (QED) is 0.557. The van der Waals surface area contributed by atoms with Gasteiger partial charge in [-0.25, -0.2) is 0 Å². The molecule has 1 unspecified atom stereocenters. The highest BCUT2D eigenvalue weighted by Gasteiger charge is 2.20. The van der Waals surface area contributed by atoms with Crippen LogP contribution >= 0.6 is 22.6 Å². The van der Waals surface area contributed by atoms with Gasteiger partial charge in [0.05, 0.1) is 12.7 Å². The van der Waals surface area contributed by atoms with E-state index in [0.29, 0.717) is 12.1 Å². The summed E-state index contributed by atoms with van der Waals surface area (Å²) < 4.78 is 6.67. The van der Waals surface area contributed by atoms with Crippen molar-refractivity contribution in [1.82, 2.24) is 4.90 Å². The molecule has 0 aromatic heterocycles. The van der Waals surface area contributed by atoms with E-state index < -0.39 is 0 Å². The van der Waals surface area contributed by atoms with Crippen LogP contribution in [0.5, 0.6) is 0 Å². The molecule has 0 bridgehead atoms. The van der Waals surface area contributed by atoms with Gasteiger partial charge in [-0.2, -0.15) is 0 Å². The number of ether oxygens (including phenoxy) is 1. The predicted octanol–water partition coefficient (Wildman–Crippen LogP) is 1.53. The Kier molecular flexibility index (Phi) is 4.09. The average molecular weight is 269 g/mol. The summed E-state index contributed by atoms with van der Waals surface area (Å²) in [4.78, 5) is 2.48. The van der Waals surface area contributed by atoms with E-state index in [4.69, 9.17) is 4.74 Å². The van der Waals surface area contributed by atoms with Gasteiger partial charge in [-0.05, 0) is 13.8 Å². The first-order valence-electron chi connectivity index (χ1n) is 4.15. The molecule has 0 aromatic rings. The van der Waals surface area contributed by atoms with E-state index in [1.165, 1.54) is 0 Å². The fourth-order valence-electron chi connectivity index (χ4n) is 1.30. The highest BCUT2D eigenvalue weighted by Crippen LogP contribution is 2.10. The monoisotopic (exact) mass is 269 g/mol. The second kappa shape index (κ2) is 4.62. The van der Waals surface area contributed by atoms with E-state index in [-0.39, 0.29) is 0 Å². The highest BCUT2D eigenvalue weighted by molar-refractivity contribution is 14.1. The van der Waals surface area contributed by atoms with E-state index in [9.17, 15) is 0 Å². The lowest BCUT2D eigenvalue weighted by atomic mass is 10.2. The molecule has 66 valence electrons. The van der Waals surface area contributed by atoms with Gasteiger partial charge in [0.15, 0.2) is 0 Å². The van der Waals surface area contributed by atoms with E-state index in [2.05, 4.69) is 41.3 Å². The fraction of sp³-hybridized carbons (Fsp3) is 1.00. The van der Waals surface area contributed by atoms with Crippen LogP contribution in [0.25, 0.3) is 0 Å². The Hall–Kier alpha value is 0.650. The molecule has 1 atom stereocenters. The first-order valence-corrected chi connectivity index (χ1v) is 5.68. The highest BCUT2D eigenvalue weighted by atomic mass is 127. The molecule has 0 amide bonds. The molecule has 1 fully saturated rings. The molecule has 0 N–H and O–H groups in total. The maximum atomic E-state index is 5.56. The Balaban J connectivity index is 2.33. The summed E-state index contributed by atoms with van der Waals surface area (Å²) in [5.74, 6) is 0. The molecule has 0 saturated carbocycles. The van der Waals surface area contributed by atoms with Gasteiger partial charge >= 0.3 is 0 Å². The average Bonchev–Trinajstić information content (AvgIpc) is 2.05. The van der Waals surface area contributed by atoms with Crippen molar-refractivity contribution in [1.29, 1.82) is 0 Å². The normalized spacial score (nSPS) is 27.8. The standard InChI is InChI=1S/C8H16INO/c1-7(2)10-3-4-11-8(5-9)6-10/h7-8H,3-6H2,1-2H3. The van der Waals surface area contributed by atoms with Crippen molar-refractivity contribution in [2.45, 2.75) is 26.0 Å². The Labute approximate surface area is 82.4 Å². The van der Waals surface area contributed by atoms with Gasteiger partial charge in [0.2, 0.25) is 0 Å². The van der Waals surface area contributed by atoms with Gasteiger partial charge in [0, 0.05) is 23.6 Å². The van der Waals surface area contributed by atoms with Gasteiger partial charge in [-0.15, -0.1) is 0 Å². The smallest absolute Gasteiger partial charge is 0.0791 e. The largest absolute Gasteiger partial charge is 0.375 e. The third-order valence-electron chi connectivity index (χ3n) is 2.07. The second-order valence-corrected chi connectivity index (χ2v) is 4.12. The molecular weight excluding hydrogens is 253 g/mol. The molecule has 11 heavy (non-hydrogen) atoms. The summed E-state index contributed by atoms with van der Waals surface area (Å²) >= 11 is 2.39. The summed E-state index contributed by atoms with van der Waals surface area (Å²) in [6.45, 7) is 7.61. The van der Waals surface area contributed by atoms with E-state index in [1.807, 2.05) is 0 Å². The van der Waals surface area contributed by atoms with Crippen LogP contribution in [-0.2, 0) is 4.74 Å². The third kappa shape index (κ3) is 2.87. The minimum atomic E-state index is 0.465. The van der Waals surface area contributed by atoms with Crippen LogP contribution in [0.2, 0.25) is 0 Å². The van der Waals surface area contributed by atoms with Crippen molar-refractivity contribution in [2.24, 2.45) is 0 Å². The Morgan fingerprint density at radius 2 is 2.36 bits per heavy atom. The molecular formula is C8H16INO. The number of nitrogens with zero attached hydrogens (tertiary/aromatic N) is 1. The third-order valence-corrected chi connectivity index (χ3v) is 3.05. The number of morpholine rings is 1. The van der Waals surface area contributed by atoms with Crippen molar-refractivity contribution in [3.8, 4) is 0 Å². The number of halogens is 1. The molecule has 0 aliphatic carbocycles. The molecule has 1 aliphatic heterocycles. The van der Waals surface area contributed by atoms with Gasteiger partial charge in [0.1, 0.15) is 0 Å².